The molecule has 0 aliphatic heterocycles. The number of nitrogens with zero attached hydrogens (tertiary/aromatic N) is 4. The number of aryl methyl sites for hydroxylation is 1. The van der Waals surface area contributed by atoms with Crippen molar-refractivity contribution in [1.82, 2.24) is 0 Å². The summed E-state index contributed by atoms with van der Waals surface area (Å²) in [7, 11) is 1.50. The average Bonchev–Trinajstić information content (AvgIpc) is 2.94. The molecule has 0 aliphatic rings. The van der Waals surface area contributed by atoms with Crippen molar-refractivity contribution in [3.63, 3.8) is 0 Å². The van der Waals surface area contributed by atoms with Crippen molar-refractivity contribution < 1.29 is 22.3 Å². The number of aromatic nitrogens is 1. The number of hydrogen-bond donors (Lipinski definition) is 1. The van der Waals surface area contributed by atoms with Gasteiger partial charge in [-0.2, -0.15) is 8.42 Å². The molecule has 2 aromatic rings. The number of benzene rings is 1. The third-order valence-corrected chi connectivity index (χ3v) is 5.10. The van der Waals surface area contributed by atoms with Crippen molar-refractivity contribution in [2.75, 3.05) is 31.9 Å². The second-order valence-electron chi connectivity index (χ2n) is 5.48. The molecule has 0 bridgehead atoms. The Kier molecular flexibility index (Phi) is 6.45. The van der Waals surface area contributed by atoms with Crippen LogP contribution in [0.3, 0.4) is 0 Å². The first-order chi connectivity index (χ1) is 11.8. The molecular weight excluding hydrogens is 364 g/mol. The number of anilines is 1. The Bertz CT molecular complexity index is 830. The second kappa shape index (κ2) is 8.37. The summed E-state index contributed by atoms with van der Waals surface area (Å²) in [5.74, 6) is -0.305. The number of thiazole rings is 1. The van der Waals surface area contributed by atoms with Gasteiger partial charge in [0.2, 0.25) is 5.06 Å². The van der Waals surface area contributed by atoms with Crippen molar-refractivity contribution in [1.29, 1.82) is 0 Å². The van der Waals surface area contributed by atoms with E-state index in [9.17, 15) is 8.42 Å². The summed E-state index contributed by atoms with van der Waals surface area (Å²) in [4.78, 5) is 1.99. The van der Waals surface area contributed by atoms with E-state index in [0.29, 0.717) is 22.4 Å². The van der Waals surface area contributed by atoms with Crippen molar-refractivity contribution in [3.8, 4) is 5.06 Å². The van der Waals surface area contributed by atoms with Crippen LogP contribution in [0.4, 0.5) is 16.5 Å². The number of hydrogen-bond acceptors (Lipinski definition) is 7. The number of azo groups is 1. The van der Waals surface area contributed by atoms with Crippen LogP contribution in [0.5, 0.6) is 5.06 Å². The van der Waals surface area contributed by atoms with Crippen molar-refractivity contribution in [2.45, 2.75) is 13.0 Å². The zero-order valence-electron chi connectivity index (χ0n) is 14.3. The fourth-order valence-electron chi connectivity index (χ4n) is 2.03. The summed E-state index contributed by atoms with van der Waals surface area (Å²) < 4.78 is 37.4. The molecule has 25 heavy (non-hydrogen) atoms. The Morgan fingerprint density at radius 1 is 1.24 bits per heavy atom. The minimum atomic E-state index is -3.97. The molecule has 0 radical (unpaired) electrons. The average molecular weight is 385 g/mol. The van der Waals surface area contributed by atoms with Gasteiger partial charge < -0.3 is 9.64 Å². The van der Waals surface area contributed by atoms with Crippen LogP contribution < -0.4 is 14.2 Å². The minimum Gasteiger partial charge on any atom is -0.484 e. The quantitative estimate of drug-likeness (QED) is 0.428. The van der Waals surface area contributed by atoms with E-state index in [2.05, 4.69) is 10.2 Å². The number of methoxy groups -OCH3 is 1. The van der Waals surface area contributed by atoms with E-state index in [0.717, 1.165) is 5.69 Å². The van der Waals surface area contributed by atoms with E-state index in [-0.39, 0.29) is 12.2 Å². The second-order valence-corrected chi connectivity index (χ2v) is 8.02. The molecular formula is C15H21N4O4S2+. The topological polar surface area (TPSA) is 95.4 Å². The molecule has 0 unspecified atom stereocenters. The van der Waals surface area contributed by atoms with Gasteiger partial charge in [0, 0.05) is 26.2 Å². The Labute approximate surface area is 151 Å². The summed E-state index contributed by atoms with van der Waals surface area (Å²) in [5.41, 5.74) is 1.78. The predicted octanol–water partition coefficient (Wildman–Crippen LogP) is 2.80. The third kappa shape index (κ3) is 6.07. The summed E-state index contributed by atoms with van der Waals surface area (Å²) >= 11 is 1.30. The van der Waals surface area contributed by atoms with Gasteiger partial charge in [0.05, 0.1) is 24.5 Å². The first kappa shape index (κ1) is 19.3. The third-order valence-electron chi connectivity index (χ3n) is 3.32. The Morgan fingerprint density at radius 2 is 1.92 bits per heavy atom. The molecule has 8 nitrogen and oxygen atoms in total. The summed E-state index contributed by atoms with van der Waals surface area (Å²) in [6, 6.07) is 7.63. The zero-order valence-corrected chi connectivity index (χ0v) is 15.9. The maximum absolute atomic E-state index is 10.8. The standard InChI is InChI=1S/C15H20N4O4S2/c1-18(2)13-7-5-12(6-8-13)16-17-15-19(11-14(23-3)24-15)9-4-10-25(20,21)22/h5-8,11H,4,9-10H2,1-3H3/p+1. The summed E-state index contributed by atoms with van der Waals surface area (Å²) in [5, 5.41) is 9.68. The van der Waals surface area contributed by atoms with Crippen molar-refractivity contribution in [3.05, 3.63) is 30.5 Å². The highest BCUT2D eigenvalue weighted by Crippen LogP contribution is 2.28. The fourth-order valence-corrected chi connectivity index (χ4v) is 3.31. The Balaban J connectivity index is 2.13. The van der Waals surface area contributed by atoms with E-state index >= 15 is 0 Å². The van der Waals surface area contributed by atoms with Gasteiger partial charge in [0.25, 0.3) is 10.1 Å². The molecule has 0 atom stereocenters. The Hall–Kier alpha value is -2.04. The maximum Gasteiger partial charge on any atom is 0.411 e. The first-order valence-corrected chi connectivity index (χ1v) is 9.92. The van der Waals surface area contributed by atoms with Crippen LogP contribution in [-0.2, 0) is 16.7 Å². The molecule has 10 heteroatoms. The van der Waals surface area contributed by atoms with Gasteiger partial charge in [-0.15, -0.1) is 0 Å². The number of ether oxygens (including phenoxy) is 1. The fraction of sp³-hybridized carbons (Fsp3) is 0.400. The molecule has 0 spiro atoms. The molecule has 2 rings (SSSR count). The van der Waals surface area contributed by atoms with Gasteiger partial charge in [-0.25, -0.2) is 4.57 Å². The van der Waals surface area contributed by atoms with Gasteiger partial charge in [-0.3, -0.25) is 4.55 Å². The lowest BCUT2D eigenvalue weighted by Gasteiger charge is -2.11. The maximum atomic E-state index is 10.8. The van der Waals surface area contributed by atoms with Crippen molar-refractivity contribution >= 4 is 38.0 Å². The highest BCUT2D eigenvalue weighted by Gasteiger charge is 2.18. The summed E-state index contributed by atoms with van der Waals surface area (Å²) in [6.07, 6.45) is 2.00. The van der Waals surface area contributed by atoms with E-state index in [1.807, 2.05) is 43.3 Å². The SMILES string of the molecule is COc1c[n+](CCCS(=O)(=O)O)c(N=Nc2ccc(N(C)C)cc2)s1. The largest absolute Gasteiger partial charge is 0.484 e. The van der Waals surface area contributed by atoms with Crippen LogP contribution in [0.15, 0.2) is 40.7 Å². The lowest BCUT2D eigenvalue weighted by Crippen LogP contribution is -2.32. The molecule has 0 amide bonds. The van der Waals surface area contributed by atoms with Crippen LogP contribution in [0, 0.1) is 0 Å². The molecule has 1 aromatic heterocycles. The molecule has 1 heterocycles. The van der Waals surface area contributed by atoms with E-state index < -0.39 is 10.1 Å². The molecule has 1 aromatic carbocycles. The van der Waals surface area contributed by atoms with Crippen molar-refractivity contribution in [2.24, 2.45) is 10.2 Å². The van der Waals surface area contributed by atoms with Gasteiger partial charge in [0.1, 0.15) is 11.9 Å². The molecule has 1 N–H and O–H groups in total. The molecule has 136 valence electrons. The van der Waals surface area contributed by atoms with Crippen LogP contribution in [0.25, 0.3) is 0 Å². The van der Waals surface area contributed by atoms with Crippen LogP contribution in [0.1, 0.15) is 6.42 Å². The predicted molar refractivity (Wildman–Crippen MR) is 97.0 cm³/mol. The molecule has 0 aliphatic carbocycles. The highest BCUT2D eigenvalue weighted by molar-refractivity contribution is 7.85. The van der Waals surface area contributed by atoms with Gasteiger partial charge in [-0.1, -0.05) is 0 Å². The first-order valence-electron chi connectivity index (χ1n) is 7.50. The zero-order chi connectivity index (χ0) is 18.4. The summed E-state index contributed by atoms with van der Waals surface area (Å²) in [6.45, 7) is 0.383. The lowest BCUT2D eigenvalue weighted by atomic mass is 10.3. The van der Waals surface area contributed by atoms with Gasteiger partial charge in [-0.05, 0) is 40.7 Å². The van der Waals surface area contributed by atoms with Crippen LogP contribution in [-0.4, -0.2) is 39.9 Å². The van der Waals surface area contributed by atoms with E-state index in [4.69, 9.17) is 9.29 Å². The van der Waals surface area contributed by atoms with E-state index in [1.165, 1.54) is 11.3 Å². The molecule has 0 saturated heterocycles. The van der Waals surface area contributed by atoms with Crippen LogP contribution in [0.2, 0.25) is 0 Å². The monoisotopic (exact) mass is 385 g/mol. The normalized spacial score (nSPS) is 11.8. The number of rotatable bonds is 8. The Morgan fingerprint density at radius 3 is 2.48 bits per heavy atom. The highest BCUT2D eigenvalue weighted by atomic mass is 32.2. The lowest BCUT2D eigenvalue weighted by molar-refractivity contribution is -0.680. The molecule has 0 fully saturated rings. The molecule has 0 saturated carbocycles. The van der Waals surface area contributed by atoms with Crippen LogP contribution >= 0.6 is 11.3 Å². The van der Waals surface area contributed by atoms with E-state index in [1.54, 1.807) is 17.9 Å². The van der Waals surface area contributed by atoms with Gasteiger partial charge >= 0.3 is 5.13 Å². The smallest absolute Gasteiger partial charge is 0.411 e. The minimum absolute atomic E-state index is 0.267. The van der Waals surface area contributed by atoms with Gasteiger partial charge in [0.15, 0.2) is 0 Å².